The van der Waals surface area contributed by atoms with Crippen LogP contribution < -0.4 is 5.32 Å². The lowest BCUT2D eigenvalue weighted by Crippen LogP contribution is -2.19. The van der Waals surface area contributed by atoms with E-state index in [1.54, 1.807) is 13.4 Å². The Balaban J connectivity index is 0.00000112. The van der Waals surface area contributed by atoms with Crippen LogP contribution in [0.3, 0.4) is 0 Å². The molecule has 0 aromatic carbocycles. The first-order valence-electron chi connectivity index (χ1n) is 5.02. The van der Waals surface area contributed by atoms with Crippen molar-refractivity contribution in [2.24, 2.45) is 0 Å². The predicted octanol–water partition coefficient (Wildman–Crippen LogP) is 1.19. The smallest absolute Gasteiger partial charge is 0.150 e. The topological polar surface area (TPSA) is 52.0 Å². The number of methoxy groups -OCH3 is 1. The first-order valence-corrected chi connectivity index (χ1v) is 5.02. The molecule has 1 atom stereocenters. The molecular weight excluding hydrogens is 251 g/mol. The second-order valence-electron chi connectivity index (χ2n) is 3.52. The fourth-order valence-electron chi connectivity index (χ4n) is 1.80. The summed E-state index contributed by atoms with van der Waals surface area (Å²) in [6.45, 7) is 2.62. The zero-order chi connectivity index (χ0) is 9.80. The molecule has 0 aliphatic carbocycles. The van der Waals surface area contributed by atoms with Gasteiger partial charge >= 0.3 is 0 Å². The molecule has 1 unspecified atom stereocenters. The van der Waals surface area contributed by atoms with Gasteiger partial charge in [0.15, 0.2) is 0 Å². The summed E-state index contributed by atoms with van der Waals surface area (Å²) in [7, 11) is 1.71. The summed E-state index contributed by atoms with van der Waals surface area (Å²) in [6.07, 6.45) is 4.15. The van der Waals surface area contributed by atoms with Crippen LogP contribution in [0.25, 0.3) is 0 Å². The Morgan fingerprint density at radius 1 is 1.56 bits per heavy atom. The minimum atomic E-state index is 0. The van der Waals surface area contributed by atoms with Crippen molar-refractivity contribution < 1.29 is 4.74 Å². The first kappa shape index (κ1) is 15.6. The van der Waals surface area contributed by atoms with Gasteiger partial charge in [-0.15, -0.1) is 35.0 Å². The van der Waals surface area contributed by atoms with Crippen molar-refractivity contribution in [1.29, 1.82) is 0 Å². The van der Waals surface area contributed by atoms with Crippen molar-refractivity contribution in [1.82, 2.24) is 20.1 Å². The number of nitrogens with one attached hydrogen (secondary N) is 1. The van der Waals surface area contributed by atoms with Crippen molar-refractivity contribution in [3.63, 3.8) is 0 Å². The maximum atomic E-state index is 5.04. The number of halogens is 2. The number of hydrogen-bond acceptors (Lipinski definition) is 4. The van der Waals surface area contributed by atoms with Crippen LogP contribution in [0.1, 0.15) is 24.7 Å². The molecule has 16 heavy (non-hydrogen) atoms. The van der Waals surface area contributed by atoms with E-state index in [2.05, 4.69) is 20.1 Å². The number of nitrogens with zero attached hydrogens (tertiary/aromatic N) is 3. The van der Waals surface area contributed by atoms with E-state index in [0.29, 0.717) is 12.6 Å². The van der Waals surface area contributed by atoms with Crippen molar-refractivity contribution in [3.8, 4) is 0 Å². The Hall–Kier alpha value is -0.360. The molecule has 5 nitrogen and oxygen atoms in total. The van der Waals surface area contributed by atoms with E-state index in [1.165, 1.54) is 6.42 Å². The molecule has 0 radical (unpaired) electrons. The number of hydrogen-bond donors (Lipinski definition) is 1. The van der Waals surface area contributed by atoms with Crippen LogP contribution in [-0.4, -0.2) is 35.0 Å². The van der Waals surface area contributed by atoms with Crippen molar-refractivity contribution in [3.05, 3.63) is 12.2 Å². The predicted molar refractivity (Wildman–Crippen MR) is 66.4 cm³/mol. The number of rotatable bonds is 4. The lowest BCUT2D eigenvalue weighted by Gasteiger charge is -2.11. The summed E-state index contributed by atoms with van der Waals surface area (Å²) < 4.78 is 7.10. The number of aromatic nitrogens is 3. The Kier molecular flexibility index (Phi) is 7.66. The van der Waals surface area contributed by atoms with Gasteiger partial charge in [0.05, 0.1) is 12.6 Å². The monoisotopic (exact) mass is 268 g/mol. The molecular formula is C9H18Cl2N4O. The van der Waals surface area contributed by atoms with Crippen molar-refractivity contribution >= 4 is 24.8 Å². The highest BCUT2D eigenvalue weighted by atomic mass is 35.5. The average Bonchev–Trinajstić information content (AvgIpc) is 2.84. The molecule has 7 heteroatoms. The standard InChI is InChI=1S/C9H16N4O.2ClH/c1-14-6-5-13-7-11-12-9(13)8-3-2-4-10-8;;/h7-8,10H,2-6H2,1H3;2*1H. The Morgan fingerprint density at radius 3 is 3.00 bits per heavy atom. The molecule has 1 N–H and O–H groups in total. The van der Waals surface area contributed by atoms with Crippen LogP contribution in [0.4, 0.5) is 0 Å². The molecule has 0 amide bonds. The van der Waals surface area contributed by atoms with Crippen molar-refractivity contribution in [2.45, 2.75) is 25.4 Å². The van der Waals surface area contributed by atoms with Crippen LogP contribution in [0.5, 0.6) is 0 Å². The Bertz CT molecular complexity index is 289. The van der Waals surface area contributed by atoms with E-state index in [9.17, 15) is 0 Å². The van der Waals surface area contributed by atoms with E-state index < -0.39 is 0 Å². The van der Waals surface area contributed by atoms with Gasteiger partial charge in [-0.3, -0.25) is 0 Å². The summed E-state index contributed by atoms with van der Waals surface area (Å²) in [4.78, 5) is 0. The quantitative estimate of drug-likeness (QED) is 0.892. The summed E-state index contributed by atoms with van der Waals surface area (Å²) in [5.41, 5.74) is 0. The summed E-state index contributed by atoms with van der Waals surface area (Å²) >= 11 is 0. The van der Waals surface area contributed by atoms with E-state index >= 15 is 0 Å². The Labute approximate surface area is 108 Å². The zero-order valence-corrected chi connectivity index (χ0v) is 10.9. The first-order chi connectivity index (χ1) is 6.92. The van der Waals surface area contributed by atoms with Gasteiger partial charge in [0, 0.05) is 13.7 Å². The van der Waals surface area contributed by atoms with Crippen LogP contribution in [-0.2, 0) is 11.3 Å². The van der Waals surface area contributed by atoms with Gasteiger partial charge in [0.2, 0.25) is 0 Å². The van der Waals surface area contributed by atoms with Gasteiger partial charge in [0.1, 0.15) is 12.2 Å². The third-order valence-corrected chi connectivity index (χ3v) is 2.55. The van der Waals surface area contributed by atoms with E-state index in [-0.39, 0.29) is 24.8 Å². The molecule has 2 heterocycles. The molecule has 1 aromatic heterocycles. The molecule has 1 aliphatic rings. The van der Waals surface area contributed by atoms with E-state index in [0.717, 1.165) is 25.3 Å². The lowest BCUT2D eigenvalue weighted by atomic mass is 10.2. The molecule has 0 spiro atoms. The molecule has 0 saturated carbocycles. The van der Waals surface area contributed by atoms with Crippen molar-refractivity contribution in [2.75, 3.05) is 20.3 Å². The summed E-state index contributed by atoms with van der Waals surface area (Å²) in [5, 5.41) is 11.5. The van der Waals surface area contributed by atoms with Gasteiger partial charge in [0.25, 0.3) is 0 Å². The largest absolute Gasteiger partial charge is 0.383 e. The zero-order valence-electron chi connectivity index (χ0n) is 9.26. The average molecular weight is 269 g/mol. The van der Waals surface area contributed by atoms with Gasteiger partial charge in [-0.25, -0.2) is 0 Å². The SMILES string of the molecule is COCCn1cnnc1C1CCCN1.Cl.Cl. The summed E-state index contributed by atoms with van der Waals surface area (Å²) in [6, 6.07) is 0.384. The van der Waals surface area contributed by atoms with Crippen LogP contribution in [0.15, 0.2) is 6.33 Å². The molecule has 1 fully saturated rings. The van der Waals surface area contributed by atoms with E-state index in [4.69, 9.17) is 4.74 Å². The maximum absolute atomic E-state index is 5.04. The van der Waals surface area contributed by atoms with Crippen LogP contribution in [0, 0.1) is 0 Å². The number of ether oxygens (including phenoxy) is 1. The fraction of sp³-hybridized carbons (Fsp3) is 0.778. The molecule has 94 valence electrons. The van der Waals surface area contributed by atoms with Gasteiger partial charge in [-0.05, 0) is 19.4 Å². The molecule has 1 saturated heterocycles. The van der Waals surface area contributed by atoms with Gasteiger partial charge in [-0.2, -0.15) is 0 Å². The molecule has 1 aliphatic heterocycles. The second kappa shape index (κ2) is 7.84. The third kappa shape index (κ3) is 3.59. The minimum absolute atomic E-state index is 0. The molecule has 2 rings (SSSR count). The highest BCUT2D eigenvalue weighted by Crippen LogP contribution is 2.20. The normalized spacial score (nSPS) is 18.9. The Morgan fingerprint density at radius 2 is 2.38 bits per heavy atom. The van der Waals surface area contributed by atoms with E-state index in [1.807, 2.05) is 0 Å². The summed E-state index contributed by atoms with van der Waals surface area (Å²) in [5.74, 6) is 1.04. The maximum Gasteiger partial charge on any atom is 0.150 e. The third-order valence-electron chi connectivity index (χ3n) is 2.55. The molecule has 1 aromatic rings. The second-order valence-corrected chi connectivity index (χ2v) is 3.52. The molecule has 0 bridgehead atoms. The minimum Gasteiger partial charge on any atom is -0.383 e. The van der Waals surface area contributed by atoms with Crippen LogP contribution in [0.2, 0.25) is 0 Å². The lowest BCUT2D eigenvalue weighted by molar-refractivity contribution is 0.185. The fourth-order valence-corrected chi connectivity index (χ4v) is 1.80. The highest BCUT2D eigenvalue weighted by Gasteiger charge is 2.20. The van der Waals surface area contributed by atoms with Crippen LogP contribution >= 0.6 is 24.8 Å². The highest BCUT2D eigenvalue weighted by molar-refractivity contribution is 5.85. The van der Waals surface area contributed by atoms with Gasteiger partial charge in [-0.1, -0.05) is 0 Å². The van der Waals surface area contributed by atoms with Gasteiger partial charge < -0.3 is 14.6 Å².